The largest absolute Gasteiger partial charge is 0.491 e. The summed E-state index contributed by atoms with van der Waals surface area (Å²) in [6, 6.07) is 6.96. The van der Waals surface area contributed by atoms with E-state index in [0.29, 0.717) is 17.7 Å². The van der Waals surface area contributed by atoms with Crippen molar-refractivity contribution < 1.29 is 19.7 Å². The van der Waals surface area contributed by atoms with Crippen LogP contribution in [-0.2, 0) is 11.2 Å². The first kappa shape index (κ1) is 12.5. The molecule has 0 amide bonds. The molecule has 1 atom stereocenters. The van der Waals surface area contributed by atoms with Crippen molar-refractivity contribution in [3.05, 3.63) is 29.8 Å². The second kappa shape index (κ2) is 6.12. The van der Waals surface area contributed by atoms with Crippen LogP contribution in [0.15, 0.2) is 24.3 Å². The van der Waals surface area contributed by atoms with Gasteiger partial charge in [-0.05, 0) is 12.5 Å². The van der Waals surface area contributed by atoms with Crippen LogP contribution in [0.5, 0.6) is 5.75 Å². The summed E-state index contributed by atoms with van der Waals surface area (Å²) < 4.78 is 5.38. The zero-order valence-corrected chi connectivity index (χ0v) is 9.22. The van der Waals surface area contributed by atoms with E-state index in [4.69, 9.17) is 9.84 Å². The molecule has 4 nitrogen and oxygen atoms in total. The maximum Gasteiger partial charge on any atom is 0.307 e. The number of carboxylic acids is 1. The monoisotopic (exact) mass is 224 g/mol. The summed E-state index contributed by atoms with van der Waals surface area (Å²) in [6.45, 7) is 2.05. The van der Waals surface area contributed by atoms with E-state index in [1.807, 2.05) is 6.92 Å². The van der Waals surface area contributed by atoms with Gasteiger partial charge in [-0.3, -0.25) is 4.79 Å². The summed E-state index contributed by atoms with van der Waals surface area (Å²) in [4.78, 5) is 10.6. The third-order valence-electron chi connectivity index (χ3n) is 2.22. The van der Waals surface area contributed by atoms with Gasteiger partial charge in [0, 0.05) is 5.56 Å². The molecule has 0 aliphatic heterocycles. The predicted octanol–water partition coefficient (Wildman–Crippen LogP) is 1.46. The number of ether oxygens (including phenoxy) is 1. The number of aliphatic hydroxyl groups is 1. The molecule has 0 bridgehead atoms. The lowest BCUT2D eigenvalue weighted by Gasteiger charge is -2.12. The highest BCUT2D eigenvalue weighted by molar-refractivity contribution is 5.71. The molecule has 0 aromatic heterocycles. The van der Waals surface area contributed by atoms with Crippen molar-refractivity contribution in [3.8, 4) is 5.75 Å². The maximum atomic E-state index is 10.6. The van der Waals surface area contributed by atoms with E-state index in [-0.39, 0.29) is 13.0 Å². The Balaban J connectivity index is 2.67. The molecule has 0 aliphatic rings. The van der Waals surface area contributed by atoms with Crippen LogP contribution < -0.4 is 4.74 Å². The second-order valence-electron chi connectivity index (χ2n) is 3.55. The molecule has 4 heteroatoms. The van der Waals surface area contributed by atoms with E-state index in [1.54, 1.807) is 24.3 Å². The quantitative estimate of drug-likeness (QED) is 0.767. The number of aliphatic hydroxyl groups excluding tert-OH is 1. The number of aliphatic carboxylic acids is 1. The molecule has 2 N–H and O–H groups in total. The van der Waals surface area contributed by atoms with Crippen molar-refractivity contribution in [2.45, 2.75) is 25.9 Å². The highest BCUT2D eigenvalue weighted by atomic mass is 16.5. The molecule has 0 spiro atoms. The van der Waals surface area contributed by atoms with Crippen LogP contribution in [0.1, 0.15) is 18.9 Å². The molecule has 0 aliphatic carbocycles. The Morgan fingerprint density at radius 1 is 1.44 bits per heavy atom. The first-order valence-corrected chi connectivity index (χ1v) is 5.24. The van der Waals surface area contributed by atoms with Gasteiger partial charge in [-0.25, -0.2) is 0 Å². The molecule has 1 unspecified atom stereocenters. The Labute approximate surface area is 94.5 Å². The lowest BCUT2D eigenvalue weighted by Crippen LogP contribution is -2.17. The number of hydrogen-bond acceptors (Lipinski definition) is 3. The Kier molecular flexibility index (Phi) is 4.79. The Morgan fingerprint density at radius 3 is 2.75 bits per heavy atom. The van der Waals surface area contributed by atoms with Crippen LogP contribution in [0.3, 0.4) is 0 Å². The van der Waals surface area contributed by atoms with Crippen molar-refractivity contribution in [1.82, 2.24) is 0 Å². The van der Waals surface area contributed by atoms with Gasteiger partial charge in [-0.1, -0.05) is 25.1 Å². The fraction of sp³-hybridized carbons (Fsp3) is 0.417. The fourth-order valence-corrected chi connectivity index (χ4v) is 1.26. The van der Waals surface area contributed by atoms with Crippen LogP contribution in [0.4, 0.5) is 0 Å². The molecule has 0 heterocycles. The van der Waals surface area contributed by atoms with E-state index >= 15 is 0 Å². The van der Waals surface area contributed by atoms with Crippen molar-refractivity contribution in [2.24, 2.45) is 0 Å². The van der Waals surface area contributed by atoms with Gasteiger partial charge < -0.3 is 14.9 Å². The van der Waals surface area contributed by atoms with Crippen molar-refractivity contribution >= 4 is 5.97 Å². The van der Waals surface area contributed by atoms with E-state index < -0.39 is 12.1 Å². The van der Waals surface area contributed by atoms with Crippen LogP contribution in [0, 0.1) is 0 Å². The topological polar surface area (TPSA) is 66.8 Å². The van der Waals surface area contributed by atoms with Crippen molar-refractivity contribution in [1.29, 1.82) is 0 Å². The summed E-state index contributed by atoms with van der Waals surface area (Å²) in [5.41, 5.74) is 0.623. The molecule has 16 heavy (non-hydrogen) atoms. The summed E-state index contributed by atoms with van der Waals surface area (Å²) in [5.74, 6) is -0.371. The van der Waals surface area contributed by atoms with Gasteiger partial charge >= 0.3 is 5.97 Å². The smallest absolute Gasteiger partial charge is 0.307 e. The van der Waals surface area contributed by atoms with Gasteiger partial charge in [0.1, 0.15) is 12.4 Å². The minimum atomic E-state index is -0.896. The zero-order chi connectivity index (χ0) is 12.0. The van der Waals surface area contributed by atoms with E-state index in [1.165, 1.54) is 0 Å². The number of benzene rings is 1. The van der Waals surface area contributed by atoms with Gasteiger partial charge in [0.15, 0.2) is 0 Å². The summed E-state index contributed by atoms with van der Waals surface area (Å²) in [5, 5.41) is 18.1. The van der Waals surface area contributed by atoms with Crippen LogP contribution >= 0.6 is 0 Å². The molecule has 0 radical (unpaired) electrons. The number of hydrogen-bond donors (Lipinski definition) is 2. The predicted molar refractivity (Wildman–Crippen MR) is 59.6 cm³/mol. The van der Waals surface area contributed by atoms with Crippen LogP contribution in [0.2, 0.25) is 0 Å². The second-order valence-corrected chi connectivity index (χ2v) is 3.55. The standard InChI is InChI=1S/C12H16O4/c1-2-10(13)8-16-11-6-4-3-5-9(11)7-12(14)15/h3-6,10,13H,2,7-8H2,1H3,(H,14,15). The first-order chi connectivity index (χ1) is 7.63. The first-order valence-electron chi connectivity index (χ1n) is 5.24. The summed E-state index contributed by atoms with van der Waals surface area (Å²) in [7, 11) is 0. The minimum Gasteiger partial charge on any atom is -0.491 e. The van der Waals surface area contributed by atoms with Gasteiger partial charge in [0.05, 0.1) is 12.5 Å². The third kappa shape index (κ3) is 3.90. The minimum absolute atomic E-state index is 0.0710. The third-order valence-corrected chi connectivity index (χ3v) is 2.22. The SMILES string of the molecule is CCC(O)COc1ccccc1CC(=O)O. The number of para-hydroxylation sites is 1. The lowest BCUT2D eigenvalue weighted by atomic mass is 10.1. The van der Waals surface area contributed by atoms with Crippen LogP contribution in [0.25, 0.3) is 0 Å². The average Bonchev–Trinajstić information content (AvgIpc) is 2.26. The van der Waals surface area contributed by atoms with Gasteiger partial charge in [-0.15, -0.1) is 0 Å². The Morgan fingerprint density at radius 2 is 2.12 bits per heavy atom. The zero-order valence-electron chi connectivity index (χ0n) is 9.22. The average molecular weight is 224 g/mol. The number of carboxylic acid groups (broad SMARTS) is 1. The molecule has 0 fully saturated rings. The summed E-state index contributed by atoms with van der Waals surface area (Å²) in [6.07, 6.45) is 0.0253. The number of carbonyl (C=O) groups is 1. The molecule has 1 rings (SSSR count). The normalized spacial score (nSPS) is 12.1. The lowest BCUT2D eigenvalue weighted by molar-refractivity contribution is -0.136. The molecular weight excluding hydrogens is 208 g/mol. The van der Waals surface area contributed by atoms with Gasteiger partial charge in [-0.2, -0.15) is 0 Å². The molecule has 88 valence electrons. The molecule has 0 saturated heterocycles. The Hall–Kier alpha value is -1.55. The molecular formula is C12H16O4. The summed E-state index contributed by atoms with van der Waals surface area (Å²) >= 11 is 0. The van der Waals surface area contributed by atoms with Crippen molar-refractivity contribution in [3.63, 3.8) is 0 Å². The Bertz CT molecular complexity index is 349. The van der Waals surface area contributed by atoms with Crippen molar-refractivity contribution in [2.75, 3.05) is 6.61 Å². The highest BCUT2D eigenvalue weighted by Gasteiger charge is 2.08. The maximum absolute atomic E-state index is 10.6. The molecule has 0 saturated carbocycles. The van der Waals surface area contributed by atoms with E-state index in [9.17, 15) is 9.90 Å². The van der Waals surface area contributed by atoms with Gasteiger partial charge in [0.2, 0.25) is 0 Å². The van der Waals surface area contributed by atoms with E-state index in [2.05, 4.69) is 0 Å². The highest BCUT2D eigenvalue weighted by Crippen LogP contribution is 2.18. The number of rotatable bonds is 6. The molecule has 1 aromatic rings. The van der Waals surface area contributed by atoms with E-state index in [0.717, 1.165) is 0 Å². The van der Waals surface area contributed by atoms with Gasteiger partial charge in [0.25, 0.3) is 0 Å². The van der Waals surface area contributed by atoms with Crippen LogP contribution in [-0.4, -0.2) is 28.9 Å². The molecule has 1 aromatic carbocycles. The fourth-order valence-electron chi connectivity index (χ4n) is 1.26.